The van der Waals surface area contributed by atoms with Crippen LogP contribution in [0.3, 0.4) is 0 Å². The zero-order chi connectivity index (χ0) is 18.1. The molecule has 1 aliphatic rings. The van der Waals surface area contributed by atoms with Gasteiger partial charge in [-0.2, -0.15) is 0 Å². The van der Waals surface area contributed by atoms with Gasteiger partial charge in [-0.25, -0.2) is 9.78 Å². The monoisotopic (exact) mass is 350 g/mol. The van der Waals surface area contributed by atoms with Crippen molar-refractivity contribution in [3.63, 3.8) is 0 Å². The lowest BCUT2D eigenvalue weighted by molar-refractivity contribution is 0.0948. The molecule has 0 atom stereocenters. The highest BCUT2D eigenvalue weighted by molar-refractivity contribution is 5.94. The average molecular weight is 350 g/mol. The summed E-state index contributed by atoms with van der Waals surface area (Å²) in [4.78, 5) is 32.0. The van der Waals surface area contributed by atoms with Crippen molar-refractivity contribution in [2.24, 2.45) is 0 Å². The van der Waals surface area contributed by atoms with Gasteiger partial charge in [-0.1, -0.05) is 0 Å². The van der Waals surface area contributed by atoms with Gasteiger partial charge in [-0.3, -0.25) is 4.79 Å². The highest BCUT2D eigenvalue weighted by atomic mass is 16.6. The van der Waals surface area contributed by atoms with Crippen LogP contribution in [0.2, 0.25) is 0 Å². The quantitative estimate of drug-likeness (QED) is 0.742. The summed E-state index contributed by atoms with van der Waals surface area (Å²) in [5, 5.41) is 2.87. The Hall–Kier alpha value is -2.35. The molecule has 25 heavy (non-hydrogen) atoms. The van der Waals surface area contributed by atoms with Crippen LogP contribution < -0.4 is 10.2 Å². The van der Waals surface area contributed by atoms with Crippen molar-refractivity contribution in [1.29, 1.82) is 0 Å². The fourth-order valence-electron chi connectivity index (χ4n) is 2.59. The number of carbonyl (C=O) groups is 2. The summed E-state index contributed by atoms with van der Waals surface area (Å²) >= 11 is 0. The van der Waals surface area contributed by atoms with Gasteiger partial charge in [0, 0.05) is 58.2 Å². The van der Waals surface area contributed by atoms with Gasteiger partial charge < -0.3 is 24.6 Å². The third-order valence-corrected chi connectivity index (χ3v) is 3.95. The molecular weight excluding hydrogens is 324 g/mol. The fourth-order valence-corrected chi connectivity index (χ4v) is 2.59. The lowest BCUT2D eigenvalue weighted by Gasteiger charge is -2.34. The van der Waals surface area contributed by atoms with Crippen LogP contribution in [0.1, 0.15) is 23.7 Å². The first kappa shape index (κ1) is 19.0. The molecule has 0 aliphatic carbocycles. The molecule has 8 heteroatoms. The van der Waals surface area contributed by atoms with Gasteiger partial charge in [0.15, 0.2) is 0 Å². The van der Waals surface area contributed by atoms with E-state index in [1.807, 2.05) is 0 Å². The molecule has 1 aromatic rings. The number of hydrogen-bond donors (Lipinski definition) is 1. The van der Waals surface area contributed by atoms with Crippen LogP contribution in [0.15, 0.2) is 18.3 Å². The molecule has 1 fully saturated rings. The van der Waals surface area contributed by atoms with Crippen molar-refractivity contribution in [3.8, 4) is 0 Å². The van der Waals surface area contributed by atoms with E-state index in [-0.39, 0.29) is 12.0 Å². The minimum atomic E-state index is -0.278. The number of aromatic nitrogens is 1. The molecule has 0 unspecified atom stereocenters. The number of anilines is 1. The van der Waals surface area contributed by atoms with Crippen LogP contribution in [-0.4, -0.2) is 74.9 Å². The number of piperazine rings is 1. The van der Waals surface area contributed by atoms with Crippen LogP contribution in [0.25, 0.3) is 0 Å². The lowest BCUT2D eigenvalue weighted by atomic mass is 10.2. The number of nitrogens with one attached hydrogen (secondary N) is 1. The topological polar surface area (TPSA) is 84.0 Å². The first-order valence-electron chi connectivity index (χ1n) is 8.55. The highest BCUT2D eigenvalue weighted by Gasteiger charge is 2.23. The number of nitrogens with zero attached hydrogens (tertiary/aromatic N) is 3. The Morgan fingerprint density at radius 1 is 1.28 bits per heavy atom. The molecule has 8 nitrogen and oxygen atoms in total. The molecule has 1 N–H and O–H groups in total. The van der Waals surface area contributed by atoms with Gasteiger partial charge in [-0.05, 0) is 25.5 Å². The largest absolute Gasteiger partial charge is 0.450 e. The molecule has 0 bridgehead atoms. The van der Waals surface area contributed by atoms with Crippen molar-refractivity contribution >= 4 is 17.8 Å². The number of methoxy groups -OCH3 is 1. The van der Waals surface area contributed by atoms with Crippen molar-refractivity contribution in [1.82, 2.24) is 15.2 Å². The van der Waals surface area contributed by atoms with E-state index < -0.39 is 0 Å². The number of rotatable bonds is 7. The summed E-state index contributed by atoms with van der Waals surface area (Å²) in [5.74, 6) is 0.623. The minimum absolute atomic E-state index is 0.120. The van der Waals surface area contributed by atoms with E-state index in [0.29, 0.717) is 51.5 Å². The summed E-state index contributed by atoms with van der Waals surface area (Å²) in [6, 6.07) is 3.48. The van der Waals surface area contributed by atoms with Gasteiger partial charge in [0.1, 0.15) is 5.82 Å². The molecule has 0 spiro atoms. The molecule has 0 radical (unpaired) electrons. The standard InChI is InChI=1S/C17H26N4O4/c1-3-25-17(23)21-10-8-20(9-11-21)15-13-14(5-7-18-15)16(22)19-6-4-12-24-2/h5,7,13H,3-4,6,8-12H2,1-2H3,(H,19,22). The summed E-state index contributed by atoms with van der Waals surface area (Å²) in [6.45, 7) is 5.83. The Bertz CT molecular complexity index is 574. The third kappa shape index (κ3) is 5.60. The summed E-state index contributed by atoms with van der Waals surface area (Å²) in [5.41, 5.74) is 0.579. The van der Waals surface area contributed by atoms with Crippen molar-refractivity contribution in [3.05, 3.63) is 23.9 Å². The van der Waals surface area contributed by atoms with Crippen LogP contribution in [0, 0.1) is 0 Å². The second kappa shape index (κ2) is 9.83. The molecule has 1 aromatic heterocycles. The number of amides is 2. The zero-order valence-electron chi connectivity index (χ0n) is 14.9. The van der Waals surface area contributed by atoms with Crippen LogP contribution in [0.5, 0.6) is 0 Å². The van der Waals surface area contributed by atoms with Gasteiger partial charge >= 0.3 is 6.09 Å². The van der Waals surface area contributed by atoms with E-state index in [2.05, 4.69) is 15.2 Å². The molecule has 1 aliphatic heterocycles. The molecule has 2 rings (SSSR count). The smallest absolute Gasteiger partial charge is 0.409 e. The molecule has 2 heterocycles. The third-order valence-electron chi connectivity index (χ3n) is 3.95. The second-order valence-electron chi connectivity index (χ2n) is 5.68. The number of ether oxygens (including phenoxy) is 2. The van der Waals surface area contributed by atoms with E-state index in [0.717, 1.165) is 12.2 Å². The van der Waals surface area contributed by atoms with Gasteiger partial charge in [0.05, 0.1) is 6.61 Å². The van der Waals surface area contributed by atoms with Crippen molar-refractivity contribution < 1.29 is 19.1 Å². The molecular formula is C17H26N4O4. The summed E-state index contributed by atoms with van der Waals surface area (Å²) in [6.07, 6.45) is 2.13. The van der Waals surface area contributed by atoms with Gasteiger partial charge in [-0.15, -0.1) is 0 Å². The Balaban J connectivity index is 1.89. The Morgan fingerprint density at radius 2 is 2.04 bits per heavy atom. The van der Waals surface area contributed by atoms with E-state index in [1.165, 1.54) is 0 Å². The fraction of sp³-hybridized carbons (Fsp3) is 0.588. The first-order valence-corrected chi connectivity index (χ1v) is 8.55. The molecule has 1 saturated heterocycles. The number of pyridine rings is 1. The first-order chi connectivity index (χ1) is 12.2. The average Bonchev–Trinajstić information content (AvgIpc) is 2.65. The second-order valence-corrected chi connectivity index (χ2v) is 5.68. The minimum Gasteiger partial charge on any atom is -0.450 e. The van der Waals surface area contributed by atoms with E-state index >= 15 is 0 Å². The molecule has 0 saturated carbocycles. The van der Waals surface area contributed by atoms with E-state index in [4.69, 9.17) is 9.47 Å². The Kier molecular flexibility index (Phi) is 7.46. The lowest BCUT2D eigenvalue weighted by Crippen LogP contribution is -2.49. The van der Waals surface area contributed by atoms with E-state index in [9.17, 15) is 9.59 Å². The predicted molar refractivity (Wildman–Crippen MR) is 93.9 cm³/mol. The van der Waals surface area contributed by atoms with Gasteiger partial charge in [0.25, 0.3) is 5.91 Å². The number of carbonyl (C=O) groups excluding carboxylic acids is 2. The van der Waals surface area contributed by atoms with Crippen LogP contribution in [-0.2, 0) is 9.47 Å². The normalized spacial score (nSPS) is 14.3. The summed E-state index contributed by atoms with van der Waals surface area (Å²) in [7, 11) is 1.64. The molecule has 138 valence electrons. The van der Waals surface area contributed by atoms with Crippen molar-refractivity contribution in [2.75, 3.05) is 57.9 Å². The number of hydrogen-bond acceptors (Lipinski definition) is 6. The Morgan fingerprint density at radius 3 is 2.72 bits per heavy atom. The Labute approximate surface area is 148 Å². The maximum Gasteiger partial charge on any atom is 0.409 e. The molecule has 0 aromatic carbocycles. The SMILES string of the molecule is CCOC(=O)N1CCN(c2cc(C(=O)NCCCOC)ccn2)CC1. The highest BCUT2D eigenvalue weighted by Crippen LogP contribution is 2.15. The predicted octanol–water partition coefficient (Wildman–Crippen LogP) is 1.13. The molecule has 2 amide bonds. The maximum atomic E-state index is 12.2. The summed E-state index contributed by atoms with van der Waals surface area (Å²) < 4.78 is 9.98. The maximum absolute atomic E-state index is 12.2. The van der Waals surface area contributed by atoms with Crippen LogP contribution in [0.4, 0.5) is 10.6 Å². The zero-order valence-corrected chi connectivity index (χ0v) is 14.9. The van der Waals surface area contributed by atoms with Crippen molar-refractivity contribution in [2.45, 2.75) is 13.3 Å². The van der Waals surface area contributed by atoms with E-state index in [1.54, 1.807) is 37.3 Å². The van der Waals surface area contributed by atoms with Gasteiger partial charge in [0.2, 0.25) is 0 Å². The van der Waals surface area contributed by atoms with Crippen LogP contribution >= 0.6 is 0 Å².